The Morgan fingerprint density at radius 1 is 0.454 bits per heavy atom. The number of aliphatic imine (C=N–C) groups is 2. The molecule has 5 saturated heterocycles. The number of aromatic nitrogens is 14. The highest BCUT2D eigenvalue weighted by molar-refractivity contribution is 6.16. The minimum absolute atomic E-state index is 0.0642. The predicted octanol–water partition coefficient (Wildman–Crippen LogP) is 12.1. The third-order valence-electron chi connectivity index (χ3n) is 22.2. The fourth-order valence-electron chi connectivity index (χ4n) is 16.2. The zero-order valence-corrected chi connectivity index (χ0v) is 69.6. The van der Waals surface area contributed by atoms with Crippen molar-refractivity contribution in [3.63, 3.8) is 0 Å². The van der Waals surface area contributed by atoms with E-state index in [1.54, 1.807) is 12.4 Å². The topological polar surface area (TPSA) is 292 Å². The van der Waals surface area contributed by atoms with Crippen molar-refractivity contribution in [3.05, 3.63) is 192 Å². The number of rotatable bonds is 22. The molecule has 0 radical (unpaired) electrons. The molecular weight excluding hydrogens is 1500 g/mol. The van der Waals surface area contributed by atoms with Gasteiger partial charge in [-0.3, -0.25) is 34.9 Å². The lowest BCUT2D eigenvalue weighted by Crippen LogP contribution is -2.48. The number of aliphatic hydroxyl groups excluding tert-OH is 1. The maximum atomic E-state index is 9.11. The second-order valence-electron chi connectivity index (χ2n) is 32.3. The molecule has 7 aliphatic rings. The molecule has 620 valence electrons. The largest absolute Gasteiger partial charge is 0.475 e. The Morgan fingerprint density at radius 3 is 1.35 bits per heavy atom. The highest BCUT2D eigenvalue weighted by Crippen LogP contribution is 2.35. The van der Waals surface area contributed by atoms with Gasteiger partial charge in [0, 0.05) is 246 Å². The molecule has 0 bridgehead atoms. The molecule has 29 nitrogen and oxygen atoms in total. The molecule has 1 unspecified atom stereocenters. The van der Waals surface area contributed by atoms with Crippen LogP contribution >= 0.6 is 0 Å². The van der Waals surface area contributed by atoms with E-state index in [0.29, 0.717) is 42.5 Å². The van der Waals surface area contributed by atoms with Crippen LogP contribution in [0, 0.1) is 5.92 Å². The lowest BCUT2D eigenvalue weighted by molar-refractivity contribution is 0.164. The van der Waals surface area contributed by atoms with Crippen LogP contribution in [0.3, 0.4) is 0 Å². The fourth-order valence-corrected chi connectivity index (χ4v) is 16.2. The number of β-amino-alcohol motifs (C(OH)–C–C–N with tert-alkyl or cyclic N) is 1. The van der Waals surface area contributed by atoms with Gasteiger partial charge in [0.25, 0.3) is 0 Å². The van der Waals surface area contributed by atoms with Gasteiger partial charge < -0.3 is 48.4 Å². The first kappa shape index (κ1) is 81.1. The number of aliphatic hydroxyl groups is 1. The minimum atomic E-state index is 0.0642. The lowest BCUT2D eigenvalue weighted by atomic mass is 10.0. The third kappa shape index (κ3) is 20.1. The van der Waals surface area contributed by atoms with E-state index in [9.17, 15) is 0 Å². The van der Waals surface area contributed by atoms with Gasteiger partial charge in [-0.1, -0.05) is 6.07 Å². The van der Waals surface area contributed by atoms with Crippen LogP contribution in [0.15, 0.2) is 163 Å². The van der Waals surface area contributed by atoms with Crippen LogP contribution in [0.25, 0.3) is 49.8 Å². The number of pyridine rings is 9. The molecule has 5 fully saturated rings. The summed E-state index contributed by atoms with van der Waals surface area (Å²) in [5, 5.41) is 30.9. The number of nitrogens with zero attached hydrogens (tertiary/aromatic N) is 21. The summed E-state index contributed by atoms with van der Waals surface area (Å²) in [7, 11) is 0. The first-order valence-electron chi connectivity index (χ1n) is 42.2. The van der Waals surface area contributed by atoms with E-state index in [4.69, 9.17) is 38.8 Å². The summed E-state index contributed by atoms with van der Waals surface area (Å²) in [5.41, 5.74) is 16.8. The molecule has 19 rings (SSSR count). The number of aromatic amines is 2. The summed E-state index contributed by atoms with van der Waals surface area (Å²) in [6.07, 6.45) is 24.1. The summed E-state index contributed by atoms with van der Waals surface area (Å²) in [5.74, 6) is 7.22. The van der Waals surface area contributed by atoms with Crippen molar-refractivity contribution in [2.75, 3.05) is 144 Å². The molecule has 0 amide bonds. The molecule has 19 heterocycles. The molecule has 119 heavy (non-hydrogen) atoms. The van der Waals surface area contributed by atoms with Gasteiger partial charge in [-0.15, -0.1) is 0 Å². The zero-order chi connectivity index (χ0) is 81.7. The van der Waals surface area contributed by atoms with Crippen molar-refractivity contribution in [3.8, 4) is 46.0 Å². The van der Waals surface area contributed by atoms with Gasteiger partial charge in [-0.2, -0.15) is 15.3 Å². The van der Waals surface area contributed by atoms with Gasteiger partial charge in [0.15, 0.2) is 0 Å². The monoisotopic (exact) mass is 1610 g/mol. The summed E-state index contributed by atoms with van der Waals surface area (Å²) in [4.78, 5) is 62.2. The van der Waals surface area contributed by atoms with Crippen LogP contribution < -0.4 is 38.5 Å². The van der Waals surface area contributed by atoms with Crippen LogP contribution in [0.1, 0.15) is 120 Å². The fraction of sp³-hybridized carbons (Fsp3) is 0.433. The van der Waals surface area contributed by atoms with Crippen LogP contribution in [0.5, 0.6) is 23.5 Å². The highest BCUT2D eigenvalue weighted by atomic mass is 16.5. The van der Waals surface area contributed by atoms with E-state index in [1.165, 1.54) is 36.8 Å². The van der Waals surface area contributed by atoms with Crippen LogP contribution in [-0.4, -0.2) is 250 Å². The van der Waals surface area contributed by atoms with Crippen LogP contribution in [0.2, 0.25) is 0 Å². The number of piperidine rings is 1. The average molecular weight is 1610 g/mol. The molecule has 3 N–H and O–H groups in total. The van der Waals surface area contributed by atoms with Gasteiger partial charge in [0.1, 0.15) is 34.7 Å². The van der Waals surface area contributed by atoms with Crippen molar-refractivity contribution >= 4 is 62.0 Å². The van der Waals surface area contributed by atoms with Gasteiger partial charge in [-0.05, 0) is 148 Å². The van der Waals surface area contributed by atoms with Gasteiger partial charge in [-0.25, -0.2) is 44.4 Å². The van der Waals surface area contributed by atoms with Gasteiger partial charge >= 0.3 is 0 Å². The SMILES string of the molecule is CC(C)Oc1cc2c(-c3ccnc(N4CCN(CC5CCOC5)CC4)c3)n[nH]c2cn1.CC(C)Oc1cc2c(-c3ccnc(N4CCN(Cc5cnn6ccccc56)CC4)c3)n[nH]c2cn1.CC(C)Oc1cc2c(cn1)CN=C2c1ccnc(N2CCCCC2)c1.CC(C)Oc1cc2c(cn1)CN=C2c1ccnc(N2CCN(CCO)CC2)c1. The minimum Gasteiger partial charge on any atom is -0.475 e. The number of anilines is 4. The van der Waals surface area contributed by atoms with Crippen molar-refractivity contribution in [1.82, 2.24) is 84.6 Å². The van der Waals surface area contributed by atoms with Crippen LogP contribution in [0.4, 0.5) is 23.3 Å². The first-order chi connectivity index (χ1) is 58.1. The lowest BCUT2D eigenvalue weighted by Gasteiger charge is -2.36. The molecule has 12 aromatic rings. The quantitative estimate of drug-likeness (QED) is 0.0568. The maximum absolute atomic E-state index is 9.11. The molecule has 0 aromatic carbocycles. The second kappa shape index (κ2) is 38.0. The van der Waals surface area contributed by atoms with E-state index in [-0.39, 0.29) is 31.0 Å². The van der Waals surface area contributed by atoms with Crippen LogP contribution in [-0.2, 0) is 24.4 Å². The van der Waals surface area contributed by atoms with E-state index in [2.05, 4.69) is 136 Å². The molecule has 0 saturated carbocycles. The molecule has 1 atom stereocenters. The molecule has 29 heteroatoms. The standard InChI is InChI=1S/C26H28N8O.C23H30N6O2.C21H27N5O2.C20H24N4O/c1-18(2)35-25-14-21-22(16-28-25)30-31-26(21)19-6-7-27-24(13-19)33-11-9-32(10-12-33)17-20-15-29-34-8-4-3-5-23(20)34;1-16(2)31-22-12-19-20(13-25-22)26-27-23(19)18-3-5-24-21(11-18)29-8-6-28(7-9-29)14-17-4-10-30-15-17;1-15(2)28-20-12-18-17(13-23-20)14-24-21(18)16-3-4-22-19(11-16)26-7-5-25(6-8-26)9-10-27;1-14(2)25-19-11-17-16(12-22-19)13-23-20(17)15-6-7-21-18(10-15)24-8-4-3-5-9-24/h3-8,13-16,18H,9-12,17H2,1-2H3,(H,30,31);3,5,11-13,16-17H,4,6-10,14-15H2,1-2H3,(H,26,27);3-4,11-13,15,27H,5-10,14H2,1-2H3;6-7,10-12,14H,3-5,8-9,13H2,1-2H3. The predicted molar refractivity (Wildman–Crippen MR) is 465 cm³/mol. The Balaban J connectivity index is 0.000000119. The number of fused-ring (bicyclic) bond motifs is 5. The van der Waals surface area contributed by atoms with Gasteiger partial charge in [0.2, 0.25) is 23.5 Å². The highest BCUT2D eigenvalue weighted by Gasteiger charge is 2.29. The third-order valence-corrected chi connectivity index (χ3v) is 22.2. The second-order valence-corrected chi connectivity index (χ2v) is 32.3. The zero-order valence-electron chi connectivity index (χ0n) is 69.6. The van der Waals surface area contributed by atoms with Crippen molar-refractivity contribution < 1.29 is 28.8 Å². The summed E-state index contributed by atoms with van der Waals surface area (Å²) < 4.78 is 30.5. The smallest absolute Gasteiger partial charge is 0.214 e. The summed E-state index contributed by atoms with van der Waals surface area (Å²) in [6, 6.07) is 30.8. The summed E-state index contributed by atoms with van der Waals surface area (Å²) >= 11 is 0. The Bertz CT molecular complexity index is 5460. The average Bonchev–Trinajstić information content (AvgIpc) is 1.70. The van der Waals surface area contributed by atoms with Gasteiger partial charge in [0.05, 0.1) is 97.3 Å². The molecule has 12 aromatic heterocycles. The number of ether oxygens (including phenoxy) is 5. The molecule has 7 aliphatic heterocycles. The van der Waals surface area contributed by atoms with Crippen molar-refractivity contribution in [1.29, 1.82) is 0 Å². The molecule has 0 aliphatic carbocycles. The van der Waals surface area contributed by atoms with E-state index in [1.807, 2.05) is 164 Å². The molecular formula is C90H109N23O6. The Labute approximate surface area is 695 Å². The van der Waals surface area contributed by atoms with E-state index in [0.717, 1.165) is 237 Å². The van der Waals surface area contributed by atoms with E-state index < -0.39 is 0 Å². The first-order valence-corrected chi connectivity index (χ1v) is 42.2. The Hall–Kier alpha value is -11.6. The number of hydrogen-bond acceptors (Lipinski definition) is 26. The number of piperazine rings is 3. The van der Waals surface area contributed by atoms with E-state index >= 15 is 0 Å². The summed E-state index contributed by atoms with van der Waals surface area (Å²) in [6.45, 7) is 36.0. The Morgan fingerprint density at radius 2 is 0.891 bits per heavy atom. The number of H-pyrrole nitrogens is 2. The number of nitrogens with one attached hydrogen (secondary N) is 2. The number of hydrogen-bond donors (Lipinski definition) is 3. The molecule has 0 spiro atoms. The Kier molecular flexibility index (Phi) is 25.9. The van der Waals surface area contributed by atoms with Crippen molar-refractivity contribution in [2.24, 2.45) is 15.9 Å². The maximum Gasteiger partial charge on any atom is 0.214 e. The normalized spacial score (nSPS) is 17.1. The van der Waals surface area contributed by atoms with Crippen molar-refractivity contribution in [2.45, 2.75) is 125 Å².